The molecule has 0 aliphatic heterocycles. The number of halogens is 2. The van der Waals surface area contributed by atoms with Gasteiger partial charge in [-0.25, -0.2) is 0 Å². The molecule has 0 atom stereocenters. The maximum atomic E-state index is 11.5. The van der Waals surface area contributed by atoms with Gasteiger partial charge >= 0.3 is 0 Å². The van der Waals surface area contributed by atoms with Gasteiger partial charge in [0, 0.05) is 16.7 Å². The molecule has 0 bridgehead atoms. The number of hydrogen-bond donors (Lipinski definition) is 2. The molecular formula is C12H18ClIN2O. The minimum absolute atomic E-state index is 0. The van der Waals surface area contributed by atoms with Crippen LogP contribution in [0, 0.1) is 3.57 Å². The van der Waals surface area contributed by atoms with Crippen molar-refractivity contribution >= 4 is 40.9 Å². The molecule has 5 heteroatoms. The molecule has 1 rings (SSSR count). The largest absolute Gasteiger partial charge is 0.355 e. The first-order valence-electron chi connectivity index (χ1n) is 5.44. The summed E-state index contributed by atoms with van der Waals surface area (Å²) in [5.41, 5.74) is 1.06. The Bertz CT molecular complexity index is 347. The van der Waals surface area contributed by atoms with Crippen molar-refractivity contribution in [2.75, 3.05) is 19.6 Å². The van der Waals surface area contributed by atoms with Gasteiger partial charge in [-0.15, -0.1) is 12.4 Å². The Morgan fingerprint density at radius 2 is 2.12 bits per heavy atom. The van der Waals surface area contributed by atoms with E-state index in [1.54, 1.807) is 0 Å². The molecule has 0 spiro atoms. The Balaban J connectivity index is 0.00000256. The van der Waals surface area contributed by atoms with Crippen molar-refractivity contribution < 1.29 is 4.79 Å². The van der Waals surface area contributed by atoms with E-state index in [1.807, 2.05) is 31.2 Å². The molecule has 0 saturated carbocycles. The van der Waals surface area contributed by atoms with Crippen molar-refractivity contribution in [2.24, 2.45) is 0 Å². The summed E-state index contributed by atoms with van der Waals surface area (Å²) in [4.78, 5) is 11.5. The second-order valence-corrected chi connectivity index (χ2v) is 4.76. The summed E-state index contributed by atoms with van der Waals surface area (Å²) in [6.07, 6.45) is 0.461. The first-order chi connectivity index (χ1) is 7.72. The highest BCUT2D eigenvalue weighted by Crippen LogP contribution is 2.07. The Labute approximate surface area is 122 Å². The number of amides is 1. The van der Waals surface area contributed by atoms with E-state index < -0.39 is 0 Å². The third kappa shape index (κ3) is 7.57. The normalized spacial score (nSPS) is 9.53. The molecule has 17 heavy (non-hydrogen) atoms. The van der Waals surface area contributed by atoms with Crippen molar-refractivity contribution in [3.05, 3.63) is 33.4 Å². The van der Waals surface area contributed by atoms with Gasteiger partial charge < -0.3 is 10.6 Å². The van der Waals surface area contributed by atoms with E-state index in [2.05, 4.69) is 33.2 Å². The van der Waals surface area contributed by atoms with Gasteiger partial charge in [0.2, 0.25) is 5.91 Å². The second-order valence-electron chi connectivity index (χ2n) is 3.51. The summed E-state index contributed by atoms with van der Waals surface area (Å²) in [6.45, 7) is 4.51. The van der Waals surface area contributed by atoms with Crippen molar-refractivity contribution in [1.29, 1.82) is 0 Å². The summed E-state index contributed by atoms with van der Waals surface area (Å²) in [5.74, 6) is 0.0832. The zero-order chi connectivity index (χ0) is 11.8. The molecule has 0 radical (unpaired) electrons. The summed E-state index contributed by atoms with van der Waals surface area (Å²) < 4.78 is 1.16. The molecule has 96 valence electrons. The van der Waals surface area contributed by atoms with Crippen LogP contribution in [0.3, 0.4) is 0 Å². The third-order valence-electron chi connectivity index (χ3n) is 2.13. The van der Waals surface area contributed by atoms with Crippen LogP contribution in [-0.4, -0.2) is 25.5 Å². The number of carbonyl (C=O) groups is 1. The second kappa shape index (κ2) is 9.67. The fourth-order valence-corrected chi connectivity index (χ4v) is 1.97. The number of hydrogen-bond acceptors (Lipinski definition) is 2. The zero-order valence-electron chi connectivity index (χ0n) is 9.83. The van der Waals surface area contributed by atoms with Gasteiger partial charge in [-0.3, -0.25) is 4.79 Å². The Kier molecular flexibility index (Phi) is 9.49. The molecule has 0 unspecified atom stereocenters. The molecule has 0 fully saturated rings. The monoisotopic (exact) mass is 368 g/mol. The van der Waals surface area contributed by atoms with E-state index in [9.17, 15) is 4.79 Å². The molecular weight excluding hydrogens is 351 g/mol. The van der Waals surface area contributed by atoms with E-state index in [1.165, 1.54) is 0 Å². The lowest BCUT2D eigenvalue weighted by Crippen LogP contribution is -2.32. The van der Waals surface area contributed by atoms with Crippen LogP contribution in [0.1, 0.15) is 12.5 Å². The maximum Gasteiger partial charge on any atom is 0.224 e. The molecule has 2 N–H and O–H groups in total. The molecule has 1 aromatic carbocycles. The van der Waals surface area contributed by atoms with Crippen LogP contribution in [0.15, 0.2) is 24.3 Å². The van der Waals surface area contributed by atoms with Gasteiger partial charge in [-0.1, -0.05) is 19.1 Å². The molecule has 0 aliphatic carbocycles. The number of benzene rings is 1. The topological polar surface area (TPSA) is 41.1 Å². The smallest absolute Gasteiger partial charge is 0.224 e. The highest BCUT2D eigenvalue weighted by Gasteiger charge is 2.02. The predicted molar refractivity (Wildman–Crippen MR) is 81.7 cm³/mol. The van der Waals surface area contributed by atoms with Crippen molar-refractivity contribution in [3.63, 3.8) is 0 Å². The van der Waals surface area contributed by atoms with Crippen LogP contribution in [0.2, 0.25) is 0 Å². The molecule has 0 aromatic heterocycles. The first kappa shape index (κ1) is 16.7. The van der Waals surface area contributed by atoms with Crippen LogP contribution >= 0.6 is 35.0 Å². The van der Waals surface area contributed by atoms with Crippen molar-refractivity contribution in [3.8, 4) is 0 Å². The lowest BCUT2D eigenvalue weighted by molar-refractivity contribution is -0.120. The molecule has 1 amide bonds. The summed E-state index contributed by atoms with van der Waals surface area (Å²) in [5, 5.41) is 6.04. The van der Waals surface area contributed by atoms with E-state index in [-0.39, 0.29) is 18.3 Å². The Hall–Kier alpha value is -0.330. The van der Waals surface area contributed by atoms with Gasteiger partial charge in [0.15, 0.2) is 0 Å². The number of nitrogens with one attached hydrogen (secondary N) is 2. The van der Waals surface area contributed by atoms with Crippen molar-refractivity contribution in [2.45, 2.75) is 13.3 Å². The minimum Gasteiger partial charge on any atom is -0.355 e. The highest BCUT2D eigenvalue weighted by atomic mass is 127. The predicted octanol–water partition coefficient (Wildman–Crippen LogP) is 1.98. The highest BCUT2D eigenvalue weighted by molar-refractivity contribution is 14.1. The van der Waals surface area contributed by atoms with Crippen LogP contribution in [0.25, 0.3) is 0 Å². The van der Waals surface area contributed by atoms with Gasteiger partial charge in [-0.05, 0) is 46.8 Å². The number of rotatable bonds is 6. The average molecular weight is 369 g/mol. The quantitative estimate of drug-likeness (QED) is 0.595. The Morgan fingerprint density at radius 3 is 2.76 bits per heavy atom. The summed E-state index contributed by atoms with van der Waals surface area (Å²) >= 11 is 2.25. The molecule has 0 saturated heterocycles. The van der Waals surface area contributed by atoms with E-state index in [0.29, 0.717) is 13.0 Å². The molecule has 3 nitrogen and oxygen atoms in total. The fourth-order valence-electron chi connectivity index (χ4n) is 1.36. The standard InChI is InChI=1S/C12H17IN2O.ClH/c1-2-14-6-7-15-12(16)9-10-4-3-5-11(13)8-10;/h3-5,8,14H,2,6-7,9H2,1H3,(H,15,16);1H. The number of carbonyl (C=O) groups excluding carboxylic acids is 1. The summed E-state index contributed by atoms with van der Waals surface area (Å²) in [7, 11) is 0. The van der Waals surface area contributed by atoms with Crippen LogP contribution in [-0.2, 0) is 11.2 Å². The van der Waals surface area contributed by atoms with Crippen LogP contribution in [0.5, 0.6) is 0 Å². The van der Waals surface area contributed by atoms with E-state index in [4.69, 9.17) is 0 Å². The van der Waals surface area contributed by atoms with Crippen LogP contribution in [0.4, 0.5) is 0 Å². The maximum absolute atomic E-state index is 11.5. The fraction of sp³-hybridized carbons (Fsp3) is 0.417. The summed E-state index contributed by atoms with van der Waals surface area (Å²) in [6, 6.07) is 8.01. The van der Waals surface area contributed by atoms with Gasteiger partial charge in [-0.2, -0.15) is 0 Å². The van der Waals surface area contributed by atoms with E-state index >= 15 is 0 Å². The SMILES string of the molecule is CCNCCNC(=O)Cc1cccc(I)c1.Cl. The lowest BCUT2D eigenvalue weighted by Gasteiger charge is -2.05. The van der Waals surface area contributed by atoms with Crippen molar-refractivity contribution in [1.82, 2.24) is 10.6 Å². The minimum atomic E-state index is 0. The Morgan fingerprint density at radius 1 is 1.35 bits per heavy atom. The van der Waals surface area contributed by atoms with Gasteiger partial charge in [0.25, 0.3) is 0 Å². The molecule has 0 aliphatic rings. The third-order valence-corrected chi connectivity index (χ3v) is 2.80. The average Bonchev–Trinajstić information content (AvgIpc) is 2.24. The zero-order valence-corrected chi connectivity index (χ0v) is 12.8. The van der Waals surface area contributed by atoms with E-state index in [0.717, 1.165) is 22.2 Å². The number of likely N-dealkylation sites (N-methyl/N-ethyl adjacent to an activating group) is 1. The molecule has 0 heterocycles. The lowest BCUT2D eigenvalue weighted by atomic mass is 10.1. The van der Waals surface area contributed by atoms with Crippen LogP contribution < -0.4 is 10.6 Å². The van der Waals surface area contributed by atoms with Gasteiger partial charge in [0.05, 0.1) is 6.42 Å². The van der Waals surface area contributed by atoms with Gasteiger partial charge in [0.1, 0.15) is 0 Å². The first-order valence-corrected chi connectivity index (χ1v) is 6.52. The molecule has 1 aromatic rings.